The predicted molar refractivity (Wildman–Crippen MR) is 94.7 cm³/mol. The van der Waals surface area contributed by atoms with Crippen molar-refractivity contribution in [3.8, 4) is 10.6 Å². The van der Waals surface area contributed by atoms with Gasteiger partial charge in [0.1, 0.15) is 10.6 Å². The molecule has 1 aromatic carbocycles. The maximum Gasteiger partial charge on any atom is 0.265 e. The second-order valence-electron chi connectivity index (χ2n) is 5.35. The van der Waals surface area contributed by atoms with Gasteiger partial charge in [0.2, 0.25) is 5.95 Å². The fourth-order valence-corrected chi connectivity index (χ4v) is 5.18. The summed E-state index contributed by atoms with van der Waals surface area (Å²) in [7, 11) is -1.99. The van der Waals surface area contributed by atoms with Gasteiger partial charge in [-0.1, -0.05) is 30.3 Å². The smallest absolute Gasteiger partial charge is 0.265 e. The van der Waals surface area contributed by atoms with Crippen LogP contribution >= 0.6 is 11.3 Å². The van der Waals surface area contributed by atoms with Crippen LogP contribution in [-0.4, -0.2) is 25.4 Å². The Balaban J connectivity index is 1.71. The monoisotopic (exact) mass is 358 g/mol. The molecule has 3 heterocycles. The van der Waals surface area contributed by atoms with Gasteiger partial charge >= 0.3 is 0 Å². The molecule has 1 aliphatic heterocycles. The van der Waals surface area contributed by atoms with Crippen LogP contribution in [-0.2, 0) is 16.6 Å². The van der Waals surface area contributed by atoms with Gasteiger partial charge in [-0.3, -0.25) is 4.31 Å². The largest absolute Gasteiger partial charge is 0.350 e. The van der Waals surface area contributed by atoms with Crippen LogP contribution in [0.3, 0.4) is 0 Å². The van der Waals surface area contributed by atoms with Crippen molar-refractivity contribution in [3.63, 3.8) is 0 Å². The van der Waals surface area contributed by atoms with Gasteiger partial charge in [0.05, 0.1) is 16.8 Å². The number of thiophene rings is 1. The Hall–Kier alpha value is -2.45. The fourth-order valence-electron chi connectivity index (χ4n) is 2.59. The zero-order chi connectivity index (χ0) is 16.7. The molecule has 0 bridgehead atoms. The molecule has 0 fully saturated rings. The average molecular weight is 358 g/mol. The Labute approximate surface area is 143 Å². The Kier molecular flexibility index (Phi) is 3.50. The highest BCUT2D eigenvalue weighted by Gasteiger charge is 2.35. The highest BCUT2D eigenvalue weighted by Crippen LogP contribution is 2.43. The van der Waals surface area contributed by atoms with E-state index in [-0.39, 0.29) is 0 Å². The van der Waals surface area contributed by atoms with E-state index in [1.807, 2.05) is 30.3 Å². The lowest BCUT2D eigenvalue weighted by Gasteiger charge is -2.26. The molecule has 3 aromatic rings. The van der Waals surface area contributed by atoms with Crippen LogP contribution in [0.25, 0.3) is 10.6 Å². The summed E-state index contributed by atoms with van der Waals surface area (Å²) in [6, 6.07) is 11.6. The van der Waals surface area contributed by atoms with Gasteiger partial charge in [-0.2, -0.15) is 0 Å². The number of hydrogen-bond acceptors (Lipinski definition) is 6. The van der Waals surface area contributed by atoms with Gasteiger partial charge in [-0.25, -0.2) is 18.4 Å². The molecular formula is C16H14N4O2S2. The molecule has 0 saturated carbocycles. The second-order valence-corrected chi connectivity index (χ2v) is 8.21. The minimum Gasteiger partial charge on any atom is -0.350 e. The number of aromatic nitrogens is 2. The molecule has 0 radical (unpaired) electrons. The molecule has 8 heteroatoms. The molecule has 1 aliphatic rings. The molecule has 0 atom stereocenters. The van der Waals surface area contributed by atoms with Gasteiger partial charge in [-0.15, -0.1) is 11.3 Å². The summed E-state index contributed by atoms with van der Waals surface area (Å²) in [6.45, 7) is 0.602. The molecule has 6 nitrogen and oxygen atoms in total. The van der Waals surface area contributed by atoms with Crippen LogP contribution in [0, 0.1) is 0 Å². The summed E-state index contributed by atoms with van der Waals surface area (Å²) < 4.78 is 26.2. The highest BCUT2D eigenvalue weighted by molar-refractivity contribution is 7.93. The van der Waals surface area contributed by atoms with Crippen molar-refractivity contribution < 1.29 is 8.42 Å². The number of nitrogens with one attached hydrogen (secondary N) is 1. The van der Waals surface area contributed by atoms with Gasteiger partial charge in [0.25, 0.3) is 10.0 Å². The molecule has 0 unspecified atom stereocenters. The Morgan fingerprint density at radius 1 is 1.21 bits per heavy atom. The maximum atomic E-state index is 12.5. The van der Waals surface area contributed by atoms with Crippen molar-refractivity contribution in [2.45, 2.75) is 11.4 Å². The normalized spacial score (nSPS) is 14.8. The number of nitrogens with zero attached hydrogens (tertiary/aromatic N) is 3. The van der Waals surface area contributed by atoms with E-state index in [0.717, 1.165) is 5.56 Å². The predicted octanol–water partition coefficient (Wildman–Crippen LogP) is 2.96. The lowest BCUT2D eigenvalue weighted by molar-refractivity contribution is 0.594. The molecule has 24 heavy (non-hydrogen) atoms. The number of fused-ring (bicyclic) bond motifs is 3. The van der Waals surface area contributed by atoms with E-state index in [1.165, 1.54) is 22.7 Å². The first-order valence-corrected chi connectivity index (χ1v) is 9.61. The summed E-state index contributed by atoms with van der Waals surface area (Å²) in [6.07, 6.45) is 1.55. The molecule has 0 amide bonds. The number of sulfonamides is 1. The summed E-state index contributed by atoms with van der Waals surface area (Å²) in [4.78, 5) is 9.76. The second kappa shape index (κ2) is 5.57. The molecule has 1 N–H and O–H groups in total. The first kappa shape index (κ1) is 15.1. The van der Waals surface area contributed by atoms with E-state index in [2.05, 4.69) is 15.3 Å². The maximum absolute atomic E-state index is 12.5. The minimum absolute atomic E-state index is 0.301. The third-order valence-corrected chi connectivity index (χ3v) is 6.75. The van der Waals surface area contributed by atoms with Crippen molar-refractivity contribution in [1.82, 2.24) is 9.97 Å². The third-order valence-electron chi connectivity index (χ3n) is 3.88. The number of rotatable bonds is 3. The fraction of sp³-hybridized carbons (Fsp3) is 0.125. The van der Waals surface area contributed by atoms with Gasteiger partial charge in [0.15, 0.2) is 0 Å². The van der Waals surface area contributed by atoms with E-state index in [0.29, 0.717) is 33.6 Å². The van der Waals surface area contributed by atoms with E-state index in [4.69, 9.17) is 0 Å². The molecule has 122 valence electrons. The average Bonchev–Trinajstić information content (AvgIpc) is 3.10. The van der Waals surface area contributed by atoms with E-state index >= 15 is 0 Å². The first-order valence-electron chi connectivity index (χ1n) is 7.29. The molecular weight excluding hydrogens is 344 g/mol. The standard InChI is InChI=1S/C16H14N4O2S2/c1-20-12-10-18-16(17-9-11-5-3-2-4-6-11)19-14(12)15-13(7-8-23-15)24(20,21)22/h2-8,10H,9H2,1H3,(H,17,18,19). The van der Waals surface area contributed by atoms with E-state index < -0.39 is 10.0 Å². The number of benzene rings is 1. The van der Waals surface area contributed by atoms with Crippen LogP contribution < -0.4 is 9.62 Å². The van der Waals surface area contributed by atoms with Crippen LogP contribution in [0.1, 0.15) is 5.56 Å². The zero-order valence-corrected chi connectivity index (χ0v) is 14.4. The Morgan fingerprint density at radius 3 is 2.79 bits per heavy atom. The topological polar surface area (TPSA) is 75.2 Å². The molecule has 2 aromatic heterocycles. The van der Waals surface area contributed by atoms with Crippen LogP contribution in [0.4, 0.5) is 11.6 Å². The van der Waals surface area contributed by atoms with Crippen molar-refractivity contribution in [2.75, 3.05) is 16.7 Å². The number of anilines is 2. The molecule has 0 aliphatic carbocycles. The Bertz CT molecular complexity index is 1000. The van der Waals surface area contributed by atoms with Crippen LogP contribution in [0.2, 0.25) is 0 Å². The molecule has 4 rings (SSSR count). The van der Waals surface area contributed by atoms with Crippen molar-refractivity contribution >= 4 is 33.0 Å². The van der Waals surface area contributed by atoms with Gasteiger partial charge in [-0.05, 0) is 17.0 Å². The molecule has 0 saturated heterocycles. The SMILES string of the molecule is CN1c2cnc(NCc3ccccc3)nc2-c2sccc2S1(=O)=O. The number of hydrogen-bond donors (Lipinski definition) is 1. The van der Waals surface area contributed by atoms with Crippen molar-refractivity contribution in [2.24, 2.45) is 0 Å². The lowest BCUT2D eigenvalue weighted by Crippen LogP contribution is -2.30. The summed E-state index contributed by atoms with van der Waals surface area (Å²) >= 11 is 1.37. The summed E-state index contributed by atoms with van der Waals surface area (Å²) in [5.74, 6) is 0.477. The zero-order valence-electron chi connectivity index (χ0n) is 12.8. The van der Waals surface area contributed by atoms with Crippen LogP contribution in [0.15, 0.2) is 52.9 Å². The van der Waals surface area contributed by atoms with E-state index in [1.54, 1.807) is 17.6 Å². The lowest BCUT2D eigenvalue weighted by atomic mass is 10.2. The Morgan fingerprint density at radius 2 is 2.00 bits per heavy atom. The van der Waals surface area contributed by atoms with E-state index in [9.17, 15) is 8.42 Å². The minimum atomic E-state index is -3.52. The van der Waals surface area contributed by atoms with Crippen LogP contribution in [0.5, 0.6) is 0 Å². The first-order chi connectivity index (χ1) is 11.6. The summed E-state index contributed by atoms with van der Waals surface area (Å²) in [5.41, 5.74) is 2.26. The quantitative estimate of drug-likeness (QED) is 0.779. The summed E-state index contributed by atoms with van der Waals surface area (Å²) in [5, 5.41) is 4.95. The molecule has 0 spiro atoms. The van der Waals surface area contributed by atoms with Crippen molar-refractivity contribution in [1.29, 1.82) is 0 Å². The highest BCUT2D eigenvalue weighted by atomic mass is 32.2. The third kappa shape index (κ3) is 2.35. The van der Waals surface area contributed by atoms with Gasteiger partial charge < -0.3 is 5.32 Å². The van der Waals surface area contributed by atoms with Crippen molar-refractivity contribution in [3.05, 3.63) is 53.5 Å². The van der Waals surface area contributed by atoms with Gasteiger partial charge in [0, 0.05) is 13.6 Å².